The Morgan fingerprint density at radius 3 is 2.63 bits per heavy atom. The van der Waals surface area contributed by atoms with Crippen LogP contribution in [0.1, 0.15) is 65.6 Å². The molecular formula is C15H30N4. The van der Waals surface area contributed by atoms with Crippen LogP contribution in [-0.2, 0) is 13.1 Å². The zero-order chi connectivity index (χ0) is 14.1. The number of nitrogens with one attached hydrogen (secondary N) is 1. The van der Waals surface area contributed by atoms with E-state index in [4.69, 9.17) is 0 Å². The largest absolute Gasteiger partial charge is 0.307 e. The molecule has 0 aliphatic carbocycles. The highest BCUT2D eigenvalue weighted by Crippen LogP contribution is 2.08. The van der Waals surface area contributed by atoms with Crippen molar-refractivity contribution in [3.63, 3.8) is 0 Å². The van der Waals surface area contributed by atoms with Crippen molar-refractivity contribution >= 4 is 0 Å². The Balaban J connectivity index is 2.46. The third-order valence-electron chi connectivity index (χ3n) is 3.33. The summed E-state index contributed by atoms with van der Waals surface area (Å²) in [5.74, 6) is 1.67. The fraction of sp³-hybridized carbons (Fsp3) is 0.867. The predicted octanol–water partition coefficient (Wildman–Crippen LogP) is 3.38. The first kappa shape index (κ1) is 16.2. The summed E-state index contributed by atoms with van der Waals surface area (Å²) in [6.07, 6.45) is 7.99. The monoisotopic (exact) mass is 266 g/mol. The van der Waals surface area contributed by atoms with E-state index >= 15 is 0 Å². The Hall–Kier alpha value is -0.900. The second-order valence-corrected chi connectivity index (χ2v) is 5.76. The molecule has 4 heteroatoms. The summed E-state index contributed by atoms with van der Waals surface area (Å²) in [4.78, 5) is 4.37. The van der Waals surface area contributed by atoms with Crippen molar-refractivity contribution in [2.45, 2.75) is 78.9 Å². The second-order valence-electron chi connectivity index (χ2n) is 5.76. The van der Waals surface area contributed by atoms with E-state index in [2.05, 4.69) is 43.1 Å². The first-order valence-corrected chi connectivity index (χ1v) is 7.77. The topological polar surface area (TPSA) is 42.7 Å². The molecule has 1 aromatic rings. The Morgan fingerprint density at radius 2 is 2.00 bits per heavy atom. The van der Waals surface area contributed by atoms with Crippen LogP contribution in [0.25, 0.3) is 0 Å². The van der Waals surface area contributed by atoms with Crippen molar-refractivity contribution in [2.75, 3.05) is 0 Å². The summed E-state index contributed by atoms with van der Waals surface area (Å²) in [5.41, 5.74) is 0. The summed E-state index contributed by atoms with van der Waals surface area (Å²) in [5, 5.41) is 7.96. The molecule has 1 rings (SSSR count). The standard InChI is InChI=1S/C15H30N4/c1-5-7-9-14(8-6-2)16-10-15-17-12-18-19(15)11-13(3)4/h12-14,16H,5-11H2,1-4H3. The van der Waals surface area contributed by atoms with Crippen molar-refractivity contribution in [1.82, 2.24) is 20.1 Å². The Bertz CT molecular complexity index is 333. The molecule has 0 aromatic carbocycles. The smallest absolute Gasteiger partial charge is 0.140 e. The lowest BCUT2D eigenvalue weighted by Gasteiger charge is -2.18. The molecule has 0 amide bonds. The van der Waals surface area contributed by atoms with Crippen LogP contribution in [-0.4, -0.2) is 20.8 Å². The molecule has 1 N–H and O–H groups in total. The summed E-state index contributed by atoms with van der Waals surface area (Å²) < 4.78 is 2.03. The average Bonchev–Trinajstić information content (AvgIpc) is 2.79. The molecular weight excluding hydrogens is 236 g/mol. The number of hydrogen-bond donors (Lipinski definition) is 1. The quantitative estimate of drug-likeness (QED) is 0.706. The van der Waals surface area contributed by atoms with E-state index in [1.807, 2.05) is 4.68 Å². The number of nitrogens with zero attached hydrogens (tertiary/aromatic N) is 3. The second kappa shape index (κ2) is 9.08. The van der Waals surface area contributed by atoms with E-state index in [1.165, 1.54) is 32.1 Å². The molecule has 0 aliphatic rings. The van der Waals surface area contributed by atoms with E-state index in [-0.39, 0.29) is 0 Å². The average molecular weight is 266 g/mol. The molecule has 1 aromatic heterocycles. The van der Waals surface area contributed by atoms with E-state index in [1.54, 1.807) is 6.33 Å². The number of rotatable bonds is 10. The van der Waals surface area contributed by atoms with Crippen LogP contribution < -0.4 is 5.32 Å². The highest BCUT2D eigenvalue weighted by atomic mass is 15.3. The van der Waals surface area contributed by atoms with Gasteiger partial charge in [-0.15, -0.1) is 0 Å². The van der Waals surface area contributed by atoms with Gasteiger partial charge in [0.1, 0.15) is 12.2 Å². The maximum atomic E-state index is 4.37. The maximum Gasteiger partial charge on any atom is 0.140 e. The zero-order valence-electron chi connectivity index (χ0n) is 13.0. The molecule has 4 nitrogen and oxygen atoms in total. The SMILES string of the molecule is CCCCC(CCC)NCc1ncnn1CC(C)C. The highest BCUT2D eigenvalue weighted by Gasteiger charge is 2.10. The van der Waals surface area contributed by atoms with Gasteiger partial charge < -0.3 is 5.32 Å². The zero-order valence-corrected chi connectivity index (χ0v) is 13.0. The third kappa shape index (κ3) is 6.19. The molecule has 0 radical (unpaired) electrons. The van der Waals surface area contributed by atoms with Gasteiger partial charge in [0.05, 0.1) is 6.54 Å². The molecule has 0 spiro atoms. The maximum absolute atomic E-state index is 4.37. The third-order valence-corrected chi connectivity index (χ3v) is 3.33. The summed E-state index contributed by atoms with van der Waals surface area (Å²) in [7, 11) is 0. The lowest BCUT2D eigenvalue weighted by molar-refractivity contribution is 0.408. The van der Waals surface area contributed by atoms with Crippen molar-refractivity contribution in [3.8, 4) is 0 Å². The Morgan fingerprint density at radius 1 is 1.21 bits per heavy atom. The van der Waals surface area contributed by atoms with Crippen molar-refractivity contribution in [2.24, 2.45) is 5.92 Å². The minimum atomic E-state index is 0.604. The lowest BCUT2D eigenvalue weighted by atomic mass is 10.1. The molecule has 1 atom stereocenters. The molecule has 1 unspecified atom stereocenters. The molecule has 0 bridgehead atoms. The van der Waals surface area contributed by atoms with Gasteiger partial charge in [0.25, 0.3) is 0 Å². The minimum absolute atomic E-state index is 0.604. The van der Waals surface area contributed by atoms with Gasteiger partial charge in [-0.2, -0.15) is 5.10 Å². The molecule has 0 saturated heterocycles. The number of unbranched alkanes of at least 4 members (excludes halogenated alkanes) is 1. The fourth-order valence-electron chi connectivity index (χ4n) is 2.31. The van der Waals surface area contributed by atoms with Crippen LogP contribution in [0.4, 0.5) is 0 Å². The predicted molar refractivity (Wildman–Crippen MR) is 79.9 cm³/mol. The van der Waals surface area contributed by atoms with Crippen LogP contribution in [0, 0.1) is 5.92 Å². The fourth-order valence-corrected chi connectivity index (χ4v) is 2.31. The number of aromatic nitrogens is 3. The van der Waals surface area contributed by atoms with Crippen molar-refractivity contribution in [3.05, 3.63) is 12.2 Å². The first-order valence-electron chi connectivity index (χ1n) is 7.77. The molecule has 19 heavy (non-hydrogen) atoms. The van der Waals surface area contributed by atoms with Gasteiger partial charge in [-0.3, -0.25) is 0 Å². The highest BCUT2D eigenvalue weighted by molar-refractivity contribution is 4.85. The summed E-state index contributed by atoms with van der Waals surface area (Å²) in [6.45, 7) is 10.7. The lowest BCUT2D eigenvalue weighted by Crippen LogP contribution is -2.30. The summed E-state index contributed by atoms with van der Waals surface area (Å²) in [6, 6.07) is 0.620. The van der Waals surface area contributed by atoms with Gasteiger partial charge >= 0.3 is 0 Å². The van der Waals surface area contributed by atoms with Crippen molar-refractivity contribution < 1.29 is 0 Å². The van der Waals surface area contributed by atoms with Crippen LogP contribution >= 0.6 is 0 Å². The number of hydrogen-bond acceptors (Lipinski definition) is 3. The van der Waals surface area contributed by atoms with Gasteiger partial charge in [-0.05, 0) is 18.8 Å². The van der Waals surface area contributed by atoms with Gasteiger partial charge in [-0.1, -0.05) is 47.0 Å². The van der Waals surface area contributed by atoms with Gasteiger partial charge in [0.2, 0.25) is 0 Å². The van der Waals surface area contributed by atoms with Crippen LogP contribution in [0.5, 0.6) is 0 Å². The normalized spacial score (nSPS) is 13.1. The van der Waals surface area contributed by atoms with Crippen LogP contribution in [0.2, 0.25) is 0 Å². The van der Waals surface area contributed by atoms with E-state index in [0.29, 0.717) is 12.0 Å². The van der Waals surface area contributed by atoms with Gasteiger partial charge in [-0.25, -0.2) is 9.67 Å². The molecule has 0 saturated carbocycles. The minimum Gasteiger partial charge on any atom is -0.307 e. The van der Waals surface area contributed by atoms with Crippen molar-refractivity contribution in [1.29, 1.82) is 0 Å². The van der Waals surface area contributed by atoms with Crippen LogP contribution in [0.3, 0.4) is 0 Å². The molecule has 0 aliphatic heterocycles. The van der Waals surface area contributed by atoms with E-state index in [0.717, 1.165) is 18.9 Å². The Kier molecular flexibility index (Phi) is 7.72. The van der Waals surface area contributed by atoms with E-state index in [9.17, 15) is 0 Å². The summed E-state index contributed by atoms with van der Waals surface area (Å²) >= 11 is 0. The molecule has 1 heterocycles. The Labute approximate surface area is 118 Å². The van der Waals surface area contributed by atoms with Crippen LogP contribution in [0.15, 0.2) is 6.33 Å². The van der Waals surface area contributed by atoms with E-state index < -0.39 is 0 Å². The first-order chi connectivity index (χ1) is 9.17. The molecule has 0 fully saturated rings. The van der Waals surface area contributed by atoms with Gasteiger partial charge in [0, 0.05) is 12.6 Å². The van der Waals surface area contributed by atoms with Gasteiger partial charge in [0.15, 0.2) is 0 Å². The molecule has 110 valence electrons.